The number of unbranched alkanes of at least 4 members (excludes halogenated alkanes) is 2. The van der Waals surface area contributed by atoms with Gasteiger partial charge in [-0.3, -0.25) is 9.59 Å². The fraction of sp³-hybridized carbons (Fsp3) is 0.609. The summed E-state index contributed by atoms with van der Waals surface area (Å²) in [7, 11) is 0. The lowest BCUT2D eigenvalue weighted by atomic mass is 9.94. The topological polar surface area (TPSA) is 130 Å². The lowest BCUT2D eigenvalue weighted by Crippen LogP contribution is -2.52. The van der Waals surface area contributed by atoms with Gasteiger partial charge in [-0.2, -0.15) is 0 Å². The highest BCUT2D eigenvalue weighted by Crippen LogP contribution is 2.15. The molecule has 1 amide bonds. The molecule has 182 valence electrons. The molecule has 8 heteroatoms. The molecule has 0 saturated heterocycles. The molecule has 0 unspecified atom stereocenters. The zero-order valence-corrected chi connectivity index (χ0v) is 18.6. The van der Waals surface area contributed by atoms with Crippen LogP contribution in [0.25, 0.3) is 0 Å². The van der Waals surface area contributed by atoms with E-state index < -0.39 is 23.0 Å². The summed E-state index contributed by atoms with van der Waals surface area (Å²) in [4.78, 5) is 33.6. The number of carboxylic acids is 2. The molecule has 0 heterocycles. The second-order valence-corrected chi connectivity index (χ2v) is 7.39. The molecular weight excluding hydrogens is 420 g/mol. The van der Waals surface area contributed by atoms with Gasteiger partial charge in [-0.15, -0.1) is 12.4 Å². The molecule has 2 atom stereocenters. The first-order valence-corrected chi connectivity index (χ1v) is 9.63. The van der Waals surface area contributed by atoms with E-state index in [1.165, 1.54) is 0 Å². The van der Waals surface area contributed by atoms with Crippen LogP contribution in [0.4, 0.5) is 0 Å². The van der Waals surface area contributed by atoms with E-state index in [2.05, 4.69) is 5.32 Å². The predicted octanol–water partition coefficient (Wildman–Crippen LogP) is 5.12. The average molecular weight is 463 g/mol. The van der Waals surface area contributed by atoms with Crippen molar-refractivity contribution in [3.63, 3.8) is 0 Å². The van der Waals surface area contributed by atoms with Crippen molar-refractivity contribution in [2.75, 3.05) is 0 Å². The summed E-state index contributed by atoms with van der Waals surface area (Å²) < 4.78 is 0. The number of carbonyl (C=O) groups excluding carboxylic acids is 1. The Labute approximate surface area is 194 Å². The number of carbonyl (C=O) groups is 3. The van der Waals surface area contributed by atoms with Crippen LogP contribution in [0.5, 0.6) is 0 Å². The van der Waals surface area contributed by atoms with Gasteiger partial charge >= 0.3 is 11.9 Å². The quantitative estimate of drug-likeness (QED) is 0.381. The summed E-state index contributed by atoms with van der Waals surface area (Å²) in [5.41, 5.74) is 3.68. The summed E-state index contributed by atoms with van der Waals surface area (Å²) in [6, 6.07) is 8.64. The van der Waals surface area contributed by atoms with E-state index in [0.717, 1.165) is 25.7 Å². The van der Waals surface area contributed by atoms with Crippen LogP contribution < -0.4 is 11.1 Å². The molecule has 1 rings (SSSR count). The highest BCUT2D eigenvalue weighted by molar-refractivity contribution is 5.97. The Hall–Kier alpha value is -2.12. The first-order chi connectivity index (χ1) is 13.0. The SMILES string of the molecule is C.C.CCCC[C@@](C)(N)C(=O)O.CCCC[C@@](C)(NC(=O)c1ccccc1)C(=O)O.Cl. The number of halogens is 1. The van der Waals surface area contributed by atoms with Crippen LogP contribution in [0.1, 0.15) is 91.4 Å². The maximum atomic E-state index is 12.0. The Bertz CT molecular complexity index is 638. The number of amides is 1. The number of carboxylic acid groups (broad SMARTS) is 2. The van der Waals surface area contributed by atoms with Crippen molar-refractivity contribution in [1.82, 2.24) is 5.32 Å². The van der Waals surface area contributed by atoms with E-state index in [9.17, 15) is 19.5 Å². The van der Waals surface area contributed by atoms with Crippen molar-refractivity contribution in [2.45, 2.75) is 92.2 Å². The minimum Gasteiger partial charge on any atom is -0.480 e. The third-order valence-electron chi connectivity index (χ3n) is 4.47. The highest BCUT2D eigenvalue weighted by Gasteiger charge is 2.34. The van der Waals surface area contributed by atoms with Gasteiger partial charge in [-0.05, 0) is 38.8 Å². The van der Waals surface area contributed by atoms with Crippen LogP contribution in [0.15, 0.2) is 30.3 Å². The summed E-state index contributed by atoms with van der Waals surface area (Å²) in [6.07, 6.45) is 4.50. The maximum Gasteiger partial charge on any atom is 0.329 e. The minimum absolute atomic E-state index is 0. The van der Waals surface area contributed by atoms with Gasteiger partial charge in [0.25, 0.3) is 5.91 Å². The molecule has 1 aromatic carbocycles. The number of benzene rings is 1. The average Bonchev–Trinajstić information content (AvgIpc) is 2.65. The Balaban J connectivity index is -0.000000245. The van der Waals surface area contributed by atoms with E-state index >= 15 is 0 Å². The Morgan fingerprint density at radius 3 is 1.74 bits per heavy atom. The highest BCUT2D eigenvalue weighted by atomic mass is 35.5. The molecule has 0 fully saturated rings. The van der Waals surface area contributed by atoms with Gasteiger partial charge in [0.15, 0.2) is 0 Å². The fourth-order valence-electron chi connectivity index (χ4n) is 2.32. The zero-order valence-electron chi connectivity index (χ0n) is 17.7. The molecule has 0 aliphatic heterocycles. The standard InChI is InChI=1S/C14H19NO3.C7H15NO2.2CH4.ClH/c1-3-4-10-14(2,13(17)18)15-12(16)11-8-6-5-7-9-11;1-3-4-5-7(2,8)6(9)10;;;/h5-9H,3-4,10H2,1-2H3,(H,15,16)(H,17,18);3-5,8H2,1-2H3,(H,9,10);2*1H4;1H/t14-;7-;;;/m11.../s1. The molecular formula is C23H43ClN2O5. The smallest absolute Gasteiger partial charge is 0.329 e. The van der Waals surface area contributed by atoms with Crippen molar-refractivity contribution in [3.8, 4) is 0 Å². The third kappa shape index (κ3) is 13.7. The van der Waals surface area contributed by atoms with Gasteiger partial charge in [0.05, 0.1) is 0 Å². The van der Waals surface area contributed by atoms with E-state index in [1.807, 2.05) is 19.9 Å². The summed E-state index contributed by atoms with van der Waals surface area (Å²) in [5.74, 6) is -2.27. The van der Waals surface area contributed by atoms with Crippen LogP contribution in [0.2, 0.25) is 0 Å². The lowest BCUT2D eigenvalue weighted by Gasteiger charge is -2.26. The molecule has 0 aliphatic rings. The van der Waals surface area contributed by atoms with Gasteiger partial charge in [0.1, 0.15) is 11.1 Å². The van der Waals surface area contributed by atoms with Gasteiger partial charge in [0, 0.05) is 5.56 Å². The largest absolute Gasteiger partial charge is 0.480 e. The molecule has 7 nitrogen and oxygen atoms in total. The van der Waals surface area contributed by atoms with Gasteiger partial charge < -0.3 is 21.3 Å². The molecule has 0 saturated carbocycles. The van der Waals surface area contributed by atoms with E-state index in [1.54, 1.807) is 38.1 Å². The first-order valence-electron chi connectivity index (χ1n) is 9.63. The predicted molar refractivity (Wildman–Crippen MR) is 130 cm³/mol. The van der Waals surface area contributed by atoms with Crippen LogP contribution in [0.3, 0.4) is 0 Å². The molecule has 31 heavy (non-hydrogen) atoms. The summed E-state index contributed by atoms with van der Waals surface area (Å²) in [5, 5.41) is 20.4. The van der Waals surface area contributed by atoms with Crippen molar-refractivity contribution >= 4 is 30.3 Å². The summed E-state index contributed by atoms with van der Waals surface area (Å²) >= 11 is 0. The van der Waals surface area contributed by atoms with E-state index in [0.29, 0.717) is 18.4 Å². The van der Waals surface area contributed by atoms with Crippen LogP contribution in [0, 0.1) is 0 Å². The van der Waals surface area contributed by atoms with Crippen molar-refractivity contribution < 1.29 is 24.6 Å². The molecule has 0 aromatic heterocycles. The number of hydrogen-bond donors (Lipinski definition) is 4. The number of aliphatic carboxylic acids is 2. The van der Waals surface area contributed by atoms with Crippen LogP contribution in [-0.4, -0.2) is 39.1 Å². The Morgan fingerprint density at radius 2 is 1.35 bits per heavy atom. The maximum absolute atomic E-state index is 12.0. The number of hydrogen-bond acceptors (Lipinski definition) is 4. The molecule has 0 radical (unpaired) electrons. The second kappa shape index (κ2) is 17.5. The molecule has 1 aromatic rings. The molecule has 0 aliphatic carbocycles. The van der Waals surface area contributed by atoms with Crippen LogP contribution >= 0.6 is 12.4 Å². The van der Waals surface area contributed by atoms with E-state index in [-0.39, 0.29) is 33.2 Å². The number of nitrogens with one attached hydrogen (secondary N) is 1. The first kappa shape index (κ1) is 36.3. The fourth-order valence-corrected chi connectivity index (χ4v) is 2.32. The Kier molecular flexibility index (Phi) is 20.5. The zero-order chi connectivity index (χ0) is 21.8. The third-order valence-corrected chi connectivity index (χ3v) is 4.47. The van der Waals surface area contributed by atoms with Gasteiger partial charge in [-0.1, -0.05) is 72.6 Å². The van der Waals surface area contributed by atoms with E-state index in [4.69, 9.17) is 10.8 Å². The minimum atomic E-state index is -1.21. The van der Waals surface area contributed by atoms with Gasteiger partial charge in [-0.25, -0.2) is 4.79 Å². The van der Waals surface area contributed by atoms with Crippen LogP contribution in [-0.2, 0) is 9.59 Å². The molecule has 0 spiro atoms. The normalized spacial score (nSPS) is 13.2. The van der Waals surface area contributed by atoms with Crippen molar-refractivity contribution in [3.05, 3.63) is 35.9 Å². The van der Waals surface area contributed by atoms with Gasteiger partial charge in [0.2, 0.25) is 0 Å². The monoisotopic (exact) mass is 462 g/mol. The Morgan fingerprint density at radius 1 is 0.903 bits per heavy atom. The molecule has 0 bridgehead atoms. The van der Waals surface area contributed by atoms with Crippen molar-refractivity contribution in [1.29, 1.82) is 0 Å². The van der Waals surface area contributed by atoms with Crippen molar-refractivity contribution in [2.24, 2.45) is 5.73 Å². The second-order valence-electron chi connectivity index (χ2n) is 7.39. The molecule has 5 N–H and O–H groups in total. The number of nitrogens with two attached hydrogens (primary N) is 1. The number of rotatable bonds is 10. The lowest BCUT2D eigenvalue weighted by molar-refractivity contribution is -0.144. The summed E-state index contributed by atoms with van der Waals surface area (Å²) in [6.45, 7) is 7.09.